The summed E-state index contributed by atoms with van der Waals surface area (Å²) in [5.74, 6) is 0.963. The number of nitrogens with zero attached hydrogens (tertiary/aromatic N) is 3. The van der Waals surface area contributed by atoms with Crippen molar-refractivity contribution < 1.29 is 9.53 Å². The smallest absolute Gasteiger partial charge is 0.407 e. The summed E-state index contributed by atoms with van der Waals surface area (Å²) < 4.78 is 5.17. The third-order valence-corrected chi connectivity index (χ3v) is 3.91. The highest BCUT2D eigenvalue weighted by Crippen LogP contribution is 2.15. The molecule has 2 rings (SSSR count). The van der Waals surface area contributed by atoms with E-state index in [1.54, 1.807) is 19.1 Å². The van der Waals surface area contributed by atoms with Gasteiger partial charge in [0.05, 0.1) is 11.3 Å². The van der Waals surface area contributed by atoms with Crippen LogP contribution < -0.4 is 16.8 Å². The van der Waals surface area contributed by atoms with Crippen molar-refractivity contribution in [3.63, 3.8) is 0 Å². The molecule has 0 unspecified atom stereocenters. The van der Waals surface area contributed by atoms with Gasteiger partial charge in [-0.25, -0.2) is 14.8 Å². The van der Waals surface area contributed by atoms with Crippen molar-refractivity contribution in [3.8, 4) is 6.07 Å². The first-order valence-corrected chi connectivity index (χ1v) is 9.17. The summed E-state index contributed by atoms with van der Waals surface area (Å²) in [5, 5.41) is 11.4. The number of alkyl carbamates (subject to hydrolysis) is 1. The number of hydrogen-bond donors (Lipinski definition) is 3. The lowest BCUT2D eigenvalue weighted by atomic mass is 10.1. The number of carbonyl (C=O) groups is 1. The molecule has 31 heavy (non-hydrogen) atoms. The Balaban J connectivity index is 0. The molecular formula is C23H38N6O2. The highest BCUT2D eigenvalue weighted by Gasteiger charge is 2.16. The minimum absolute atomic E-state index is 0. The molecule has 5 N–H and O–H groups in total. The number of nitrogen functional groups attached to an aromatic ring is 2. The number of nitrogens with one attached hydrogen (secondary N) is 1. The van der Waals surface area contributed by atoms with E-state index in [9.17, 15) is 4.79 Å². The molecular weight excluding hydrogens is 392 g/mol. The first kappa shape index (κ1) is 29.9. The number of aryl methyl sites for hydroxylation is 4. The van der Waals surface area contributed by atoms with Gasteiger partial charge < -0.3 is 21.5 Å². The number of nitriles is 1. The van der Waals surface area contributed by atoms with Gasteiger partial charge in [-0.3, -0.25) is 0 Å². The molecule has 0 radical (unpaired) electrons. The van der Waals surface area contributed by atoms with Crippen molar-refractivity contribution in [2.75, 3.05) is 11.5 Å². The average molecular weight is 431 g/mol. The standard InChI is InChI=1S/C13H21N3O2.C8H9N3.2CH4/c1-8-6-11(14)16-9(2)10(8)7-15-12(17)18-13(3,4)5;1-5-3-8(10)11-6(2)7(5)4-9;;/h6H,7H2,1-5H3,(H2,14,16)(H,15,17);3H,1-2H3,(H2,10,11);2*1H4. The van der Waals surface area contributed by atoms with Crippen LogP contribution in [-0.2, 0) is 11.3 Å². The van der Waals surface area contributed by atoms with Gasteiger partial charge in [-0.1, -0.05) is 14.9 Å². The Bertz CT molecular complexity index is 881. The molecule has 0 saturated heterocycles. The number of amides is 1. The molecule has 1 amide bonds. The van der Waals surface area contributed by atoms with Crippen molar-refractivity contribution in [1.29, 1.82) is 5.26 Å². The molecule has 2 aromatic heterocycles. The zero-order valence-electron chi connectivity index (χ0n) is 18.2. The largest absolute Gasteiger partial charge is 0.444 e. The Morgan fingerprint density at radius 2 is 1.52 bits per heavy atom. The Morgan fingerprint density at radius 1 is 1.03 bits per heavy atom. The van der Waals surface area contributed by atoms with Crippen LogP contribution in [0.2, 0.25) is 0 Å². The molecule has 0 aromatic carbocycles. The van der Waals surface area contributed by atoms with Crippen LogP contribution in [0.3, 0.4) is 0 Å². The molecule has 2 aromatic rings. The van der Waals surface area contributed by atoms with E-state index in [4.69, 9.17) is 21.5 Å². The number of pyridine rings is 2. The summed E-state index contributed by atoms with van der Waals surface area (Å²) in [4.78, 5) is 19.7. The number of carbonyl (C=O) groups excluding carboxylic acids is 1. The molecule has 8 heteroatoms. The first-order valence-electron chi connectivity index (χ1n) is 9.17. The van der Waals surface area contributed by atoms with Gasteiger partial charge in [0.2, 0.25) is 0 Å². The maximum absolute atomic E-state index is 11.5. The van der Waals surface area contributed by atoms with Gasteiger partial charge in [-0.2, -0.15) is 5.26 Å². The predicted molar refractivity (Wildman–Crippen MR) is 127 cm³/mol. The number of aromatic nitrogens is 2. The third kappa shape index (κ3) is 9.81. The number of anilines is 2. The second kappa shape index (κ2) is 12.4. The van der Waals surface area contributed by atoms with Gasteiger partial charge in [-0.05, 0) is 77.3 Å². The second-order valence-electron chi connectivity index (χ2n) is 7.72. The SMILES string of the molecule is C.C.Cc1cc(N)nc(C)c1C#N.Cc1cc(N)nc(C)c1CNC(=O)OC(C)(C)C. The molecule has 0 bridgehead atoms. The predicted octanol–water partition coefficient (Wildman–Crippen LogP) is 4.73. The normalized spacial score (nSPS) is 9.74. The van der Waals surface area contributed by atoms with Crippen LogP contribution in [0, 0.1) is 39.0 Å². The highest BCUT2D eigenvalue weighted by molar-refractivity contribution is 5.67. The summed E-state index contributed by atoms with van der Waals surface area (Å²) in [7, 11) is 0. The lowest BCUT2D eigenvalue weighted by Gasteiger charge is -2.20. The Labute approximate surface area is 187 Å². The van der Waals surface area contributed by atoms with E-state index >= 15 is 0 Å². The monoisotopic (exact) mass is 430 g/mol. The lowest BCUT2D eigenvalue weighted by molar-refractivity contribution is 0.0523. The van der Waals surface area contributed by atoms with Crippen LogP contribution in [0.25, 0.3) is 0 Å². The maximum atomic E-state index is 11.5. The maximum Gasteiger partial charge on any atom is 0.407 e. The zero-order chi connectivity index (χ0) is 22.4. The molecule has 8 nitrogen and oxygen atoms in total. The molecule has 0 aliphatic rings. The zero-order valence-corrected chi connectivity index (χ0v) is 18.2. The Hall–Kier alpha value is -3.34. The van der Waals surface area contributed by atoms with Crippen LogP contribution in [0.5, 0.6) is 0 Å². The van der Waals surface area contributed by atoms with Crippen LogP contribution >= 0.6 is 0 Å². The minimum Gasteiger partial charge on any atom is -0.444 e. The molecule has 0 saturated carbocycles. The van der Waals surface area contributed by atoms with E-state index in [1.165, 1.54) is 0 Å². The molecule has 0 atom stereocenters. The van der Waals surface area contributed by atoms with Gasteiger partial charge in [0.1, 0.15) is 23.3 Å². The quantitative estimate of drug-likeness (QED) is 0.625. The fourth-order valence-electron chi connectivity index (χ4n) is 2.66. The number of nitrogens with two attached hydrogens (primary N) is 2. The van der Waals surface area contributed by atoms with Gasteiger partial charge in [0.15, 0.2) is 0 Å². The Morgan fingerprint density at radius 3 is 1.94 bits per heavy atom. The third-order valence-electron chi connectivity index (χ3n) is 3.91. The lowest BCUT2D eigenvalue weighted by Crippen LogP contribution is -2.32. The first-order chi connectivity index (χ1) is 13.3. The van der Waals surface area contributed by atoms with E-state index < -0.39 is 11.7 Å². The summed E-state index contributed by atoms with van der Waals surface area (Å²) >= 11 is 0. The van der Waals surface area contributed by atoms with Gasteiger partial charge >= 0.3 is 6.09 Å². The molecule has 172 valence electrons. The summed E-state index contributed by atoms with van der Waals surface area (Å²) in [6.45, 7) is 13.3. The average Bonchev–Trinajstić information content (AvgIpc) is 2.52. The molecule has 0 spiro atoms. The highest BCUT2D eigenvalue weighted by atomic mass is 16.6. The topological polar surface area (TPSA) is 140 Å². The van der Waals surface area contributed by atoms with Crippen molar-refractivity contribution in [2.24, 2.45) is 0 Å². The van der Waals surface area contributed by atoms with Gasteiger partial charge in [-0.15, -0.1) is 0 Å². The number of ether oxygens (including phenoxy) is 1. The van der Waals surface area contributed by atoms with Crippen LogP contribution in [0.15, 0.2) is 12.1 Å². The van der Waals surface area contributed by atoms with Crippen molar-refractivity contribution in [1.82, 2.24) is 15.3 Å². The summed E-state index contributed by atoms with van der Waals surface area (Å²) in [5.41, 5.74) is 15.6. The molecule has 0 aliphatic heterocycles. The molecule has 2 heterocycles. The number of hydrogen-bond acceptors (Lipinski definition) is 7. The van der Waals surface area contributed by atoms with Crippen molar-refractivity contribution >= 4 is 17.7 Å². The van der Waals surface area contributed by atoms with E-state index in [-0.39, 0.29) is 14.9 Å². The second-order valence-corrected chi connectivity index (χ2v) is 7.72. The van der Waals surface area contributed by atoms with Gasteiger partial charge in [0.25, 0.3) is 0 Å². The minimum atomic E-state index is -0.493. The Kier molecular flexibility index (Phi) is 11.9. The fourth-order valence-corrected chi connectivity index (χ4v) is 2.66. The van der Waals surface area contributed by atoms with E-state index in [1.807, 2.05) is 41.5 Å². The van der Waals surface area contributed by atoms with Gasteiger partial charge in [0, 0.05) is 12.2 Å². The molecule has 0 fully saturated rings. The summed E-state index contributed by atoms with van der Waals surface area (Å²) in [6.07, 6.45) is -0.432. The summed E-state index contributed by atoms with van der Waals surface area (Å²) in [6, 6.07) is 5.56. The van der Waals surface area contributed by atoms with Crippen LogP contribution in [0.1, 0.15) is 69.3 Å². The van der Waals surface area contributed by atoms with E-state index in [0.717, 1.165) is 22.4 Å². The van der Waals surface area contributed by atoms with Crippen molar-refractivity contribution in [2.45, 2.75) is 75.5 Å². The van der Waals surface area contributed by atoms with E-state index in [0.29, 0.717) is 29.4 Å². The van der Waals surface area contributed by atoms with Crippen molar-refractivity contribution in [3.05, 3.63) is 45.8 Å². The van der Waals surface area contributed by atoms with Crippen LogP contribution in [0.4, 0.5) is 16.4 Å². The fraction of sp³-hybridized carbons (Fsp3) is 0.478. The van der Waals surface area contributed by atoms with E-state index in [2.05, 4.69) is 21.4 Å². The number of rotatable bonds is 2. The van der Waals surface area contributed by atoms with Crippen LogP contribution in [-0.4, -0.2) is 21.7 Å². The molecule has 0 aliphatic carbocycles.